The van der Waals surface area contributed by atoms with Crippen molar-refractivity contribution in [3.05, 3.63) is 53.7 Å². The topological polar surface area (TPSA) is 266 Å². The number of hydrogen-bond donors (Lipinski definition) is 1. The van der Waals surface area contributed by atoms with Crippen molar-refractivity contribution in [3.63, 3.8) is 0 Å². The summed E-state index contributed by atoms with van der Waals surface area (Å²) in [4.78, 5) is 113. The molecule has 0 radical (unpaired) electrons. The van der Waals surface area contributed by atoms with Crippen LogP contribution >= 0.6 is 0 Å². The van der Waals surface area contributed by atoms with Gasteiger partial charge in [-0.3, -0.25) is 33.8 Å². The lowest BCUT2D eigenvalue weighted by Crippen LogP contribution is -2.89. The number of hydrogen-bond acceptors (Lipinski definition) is 20. The highest BCUT2D eigenvalue weighted by atomic mass is 16.7. The summed E-state index contributed by atoms with van der Waals surface area (Å²) < 4.78 is 60.1. The van der Waals surface area contributed by atoms with Gasteiger partial charge >= 0.3 is 47.8 Å². The van der Waals surface area contributed by atoms with Gasteiger partial charge in [-0.25, -0.2) is 9.59 Å². The van der Waals surface area contributed by atoms with Crippen LogP contribution in [0, 0.1) is 17.3 Å². The maximum atomic E-state index is 14.3. The molecular formula is C41H47NO19. The van der Waals surface area contributed by atoms with E-state index in [1.165, 1.54) is 38.2 Å². The van der Waals surface area contributed by atoms with Gasteiger partial charge in [-0.1, -0.05) is 6.92 Å². The number of pyridine rings is 1. The molecule has 0 amide bonds. The van der Waals surface area contributed by atoms with E-state index >= 15 is 0 Å². The highest BCUT2D eigenvalue weighted by Gasteiger charge is 2.92. The Morgan fingerprint density at radius 3 is 2.05 bits per heavy atom. The molecule has 20 nitrogen and oxygen atoms in total. The molecule has 3 fully saturated rings. The highest BCUT2D eigenvalue weighted by molar-refractivity contribution is 5.91. The Morgan fingerprint density at radius 2 is 1.46 bits per heavy atom. The van der Waals surface area contributed by atoms with Crippen molar-refractivity contribution in [1.82, 2.24) is 4.98 Å². The van der Waals surface area contributed by atoms with Gasteiger partial charge in [0.25, 0.3) is 0 Å². The van der Waals surface area contributed by atoms with E-state index in [1.54, 1.807) is 0 Å². The second kappa shape index (κ2) is 16.5. The van der Waals surface area contributed by atoms with E-state index in [-0.39, 0.29) is 29.7 Å². The lowest BCUT2D eigenvalue weighted by atomic mass is 9.45. The van der Waals surface area contributed by atoms with Crippen molar-refractivity contribution in [2.24, 2.45) is 17.3 Å². The first-order valence-electron chi connectivity index (χ1n) is 19.4. The summed E-state index contributed by atoms with van der Waals surface area (Å²) in [6, 6.07) is 4.17. The summed E-state index contributed by atoms with van der Waals surface area (Å²) in [7, 11) is 0. The molecule has 0 aromatic carbocycles. The van der Waals surface area contributed by atoms with Gasteiger partial charge in [0.1, 0.15) is 48.3 Å². The Morgan fingerprint density at radius 1 is 0.836 bits per heavy atom. The fourth-order valence-corrected chi connectivity index (χ4v) is 9.54. The van der Waals surface area contributed by atoms with Crippen LogP contribution in [-0.4, -0.2) is 124 Å². The number of furan rings is 1. The van der Waals surface area contributed by atoms with Crippen molar-refractivity contribution in [1.29, 1.82) is 0 Å². The number of ether oxygens (including phenoxy) is 9. The molecule has 330 valence electrons. The van der Waals surface area contributed by atoms with E-state index in [1.807, 2.05) is 0 Å². The first kappa shape index (κ1) is 44.7. The number of rotatable bonds is 8. The van der Waals surface area contributed by atoms with Crippen molar-refractivity contribution >= 4 is 47.8 Å². The van der Waals surface area contributed by atoms with E-state index in [9.17, 15) is 43.5 Å². The van der Waals surface area contributed by atoms with Gasteiger partial charge in [-0.15, -0.1) is 0 Å². The van der Waals surface area contributed by atoms with Crippen molar-refractivity contribution in [3.8, 4) is 0 Å². The number of cyclic esters (lactones) is 1. The molecule has 20 heteroatoms. The van der Waals surface area contributed by atoms with E-state index in [4.69, 9.17) is 47.0 Å². The molecule has 2 unspecified atom stereocenters. The summed E-state index contributed by atoms with van der Waals surface area (Å²) in [6.45, 7) is 7.05. The smallest absolute Gasteiger partial charge is 0.341 e. The van der Waals surface area contributed by atoms with E-state index in [0.717, 1.165) is 54.1 Å². The van der Waals surface area contributed by atoms with Crippen molar-refractivity contribution < 1.29 is 90.5 Å². The molecule has 2 aliphatic heterocycles. The Kier molecular flexibility index (Phi) is 12.1. The Labute approximate surface area is 348 Å². The minimum atomic E-state index is -2.87. The third kappa shape index (κ3) is 7.59. The molecule has 1 spiro atoms. The molecule has 4 aliphatic rings. The van der Waals surface area contributed by atoms with Gasteiger partial charge in [0.15, 0.2) is 30.0 Å². The van der Waals surface area contributed by atoms with Crippen molar-refractivity contribution in [2.75, 3.05) is 13.2 Å². The summed E-state index contributed by atoms with van der Waals surface area (Å²) in [5, 5.41) is 13.6. The number of carbonyl (C=O) groups excluding carboxylic acids is 8. The number of aromatic nitrogens is 1. The van der Waals surface area contributed by atoms with Gasteiger partial charge in [-0.05, 0) is 44.9 Å². The summed E-state index contributed by atoms with van der Waals surface area (Å²) >= 11 is 0. The summed E-state index contributed by atoms with van der Waals surface area (Å²) in [5.41, 5.74) is -10.3. The van der Waals surface area contributed by atoms with Crippen LogP contribution in [0.2, 0.25) is 0 Å². The molecular weight excluding hydrogens is 810 g/mol. The third-order valence-electron chi connectivity index (χ3n) is 11.8. The number of aliphatic hydroxyl groups is 1. The van der Waals surface area contributed by atoms with Gasteiger partial charge < -0.3 is 52.2 Å². The molecule has 61 heavy (non-hydrogen) atoms. The molecule has 2 saturated carbocycles. The van der Waals surface area contributed by atoms with Crippen LogP contribution < -0.4 is 0 Å². The lowest BCUT2D eigenvalue weighted by molar-refractivity contribution is -0.386. The number of nitrogens with zero attached hydrogens (tertiary/aromatic N) is 1. The quantitative estimate of drug-likeness (QED) is 0.293. The minimum Gasteiger partial charge on any atom is -0.472 e. The zero-order valence-corrected chi connectivity index (χ0v) is 34.7. The zero-order valence-electron chi connectivity index (χ0n) is 34.7. The maximum Gasteiger partial charge on any atom is 0.341 e. The number of aryl methyl sites for hydroxylation is 1. The van der Waals surface area contributed by atoms with Gasteiger partial charge in [0.05, 0.1) is 34.9 Å². The highest BCUT2D eigenvalue weighted by Crippen LogP contribution is 2.70. The van der Waals surface area contributed by atoms with E-state index in [2.05, 4.69) is 4.98 Å². The predicted octanol–water partition coefficient (Wildman–Crippen LogP) is 1.75. The molecule has 12 atom stereocenters. The zero-order chi connectivity index (χ0) is 44.8. The molecule has 2 aromatic heterocycles. The lowest BCUT2D eigenvalue weighted by Gasteiger charge is -2.67. The molecule has 1 saturated heterocycles. The van der Waals surface area contributed by atoms with Crippen LogP contribution in [0.1, 0.15) is 88.2 Å². The number of carbonyl (C=O) groups is 8. The fraction of sp³-hybridized carbons (Fsp3) is 0.585. The first-order chi connectivity index (χ1) is 28.6. The van der Waals surface area contributed by atoms with Crippen LogP contribution in [0.4, 0.5) is 0 Å². The van der Waals surface area contributed by atoms with Gasteiger partial charge in [0, 0.05) is 40.8 Å². The second-order valence-electron chi connectivity index (χ2n) is 16.1. The first-order valence-corrected chi connectivity index (χ1v) is 19.4. The van der Waals surface area contributed by atoms with Gasteiger partial charge in [0.2, 0.25) is 0 Å². The summed E-state index contributed by atoms with van der Waals surface area (Å²) in [5.74, 6) is -10.8. The second-order valence-corrected chi connectivity index (χ2v) is 16.1. The number of esters is 8. The van der Waals surface area contributed by atoms with Crippen LogP contribution in [0.3, 0.4) is 0 Å². The molecule has 4 bridgehead atoms. The monoisotopic (exact) mass is 857 g/mol. The van der Waals surface area contributed by atoms with Crippen LogP contribution in [0.25, 0.3) is 0 Å². The molecule has 2 aliphatic carbocycles. The van der Waals surface area contributed by atoms with E-state index < -0.39 is 132 Å². The Balaban J connectivity index is 1.77. The minimum absolute atomic E-state index is 0.0163. The molecule has 6 rings (SSSR count). The Hall–Kier alpha value is -5.89. The van der Waals surface area contributed by atoms with Crippen LogP contribution in [0.15, 0.2) is 41.3 Å². The SMILES string of the molecule is CC(=O)OC[C@]12[C@H](OC(C)=O)[C@H](OC(C)=O)C3[C@@H](OC(C)=O)[C@@]14O[C@@]3(C)COC(=O)c1cccnc1CCC(C)C(=O)O[C@@H]([C@H](OC(=O)c1ccoc1)[C@@H]2OC(C)=O)[C@]4(C)O. The van der Waals surface area contributed by atoms with Crippen LogP contribution in [0.5, 0.6) is 0 Å². The average Bonchev–Trinajstić information content (AvgIpc) is 3.79. The maximum absolute atomic E-state index is 14.3. The van der Waals surface area contributed by atoms with Gasteiger partial charge in [-0.2, -0.15) is 0 Å². The van der Waals surface area contributed by atoms with Crippen LogP contribution in [-0.2, 0) is 77.8 Å². The fourth-order valence-electron chi connectivity index (χ4n) is 9.54. The standard InChI is InChI=1S/C41H47NO19/c1-19-11-12-27-26(10-9-14-42-27)37(50)54-17-38(7)28-29(55-21(3)44)33(57-23(5)46)40(18-53-20(2)43)34(58-24(6)47)30(59-36(49)25-13-15-52-16-25)32(60-35(19)48)39(8,51)41(40,61-38)31(28)56-22(4)45/h9-10,13-16,19,28-34,51H,11-12,17-18H2,1-8H3/t19?,28?,29-,30+,31-,32+,33-,34+,38+,39+,40-,41+/m1/s1. The normalized spacial score (nSPS) is 35.4. The van der Waals surface area contributed by atoms with E-state index in [0.29, 0.717) is 0 Å². The van der Waals surface area contributed by atoms with Crippen molar-refractivity contribution in [2.45, 2.75) is 122 Å². The molecule has 4 heterocycles. The number of fused-ring (bicyclic) bond motifs is 5. The molecule has 2 aromatic rings. The predicted molar refractivity (Wildman–Crippen MR) is 197 cm³/mol. The average molecular weight is 858 g/mol. The summed E-state index contributed by atoms with van der Waals surface area (Å²) in [6.07, 6.45) is -8.59. The largest absolute Gasteiger partial charge is 0.472 e. The Bertz CT molecular complexity index is 2100. The third-order valence-corrected chi connectivity index (χ3v) is 11.8. The molecule has 1 N–H and O–H groups in total.